The quantitative estimate of drug-likeness (QED) is 0.855. The van der Waals surface area contributed by atoms with Crippen molar-refractivity contribution < 1.29 is 9.13 Å². The van der Waals surface area contributed by atoms with Crippen LogP contribution in [0.25, 0.3) is 0 Å². The van der Waals surface area contributed by atoms with Gasteiger partial charge in [-0.1, -0.05) is 6.07 Å². The zero-order valence-corrected chi connectivity index (χ0v) is 11.8. The molecule has 1 aromatic heterocycles. The molecule has 0 bridgehead atoms. The number of halogens is 2. The van der Waals surface area contributed by atoms with Crippen molar-refractivity contribution in [3.8, 4) is 5.75 Å². The Balaban J connectivity index is 2.10. The summed E-state index contributed by atoms with van der Waals surface area (Å²) in [5, 5.41) is 0. The van der Waals surface area contributed by atoms with Gasteiger partial charge in [0.1, 0.15) is 28.6 Å². The van der Waals surface area contributed by atoms with Crippen molar-refractivity contribution in [1.29, 1.82) is 0 Å². The van der Waals surface area contributed by atoms with Gasteiger partial charge in [-0.05, 0) is 41.9 Å². The summed E-state index contributed by atoms with van der Waals surface area (Å²) in [5.74, 6) is 1.01. The number of benzene rings is 1. The number of hydrogen-bond acceptors (Lipinski definition) is 2. The summed E-state index contributed by atoms with van der Waals surface area (Å²) in [6, 6.07) is 6.39. The minimum absolute atomic E-state index is 0.301. The van der Waals surface area contributed by atoms with Crippen molar-refractivity contribution in [2.75, 3.05) is 0 Å². The fraction of sp³-hybridized carbons (Fsp3) is 0.308. The average molecular weight is 313 g/mol. The third-order valence-corrected chi connectivity index (χ3v) is 2.88. The van der Waals surface area contributed by atoms with E-state index >= 15 is 0 Å². The zero-order chi connectivity index (χ0) is 13.1. The number of ether oxygens (including phenoxy) is 1. The molecule has 2 aromatic rings. The van der Waals surface area contributed by atoms with E-state index in [0.717, 1.165) is 10.4 Å². The van der Waals surface area contributed by atoms with Crippen LogP contribution in [0.3, 0.4) is 0 Å². The molecule has 5 heteroatoms. The first-order chi connectivity index (χ1) is 8.56. The fourth-order valence-corrected chi connectivity index (χ4v) is 2.08. The van der Waals surface area contributed by atoms with E-state index in [2.05, 4.69) is 34.8 Å². The lowest BCUT2D eigenvalue weighted by atomic mass is 10.3. The maximum Gasteiger partial charge on any atom is 0.148 e. The number of hydrogen-bond donors (Lipinski definition) is 0. The monoisotopic (exact) mass is 312 g/mol. The Morgan fingerprint density at radius 3 is 2.89 bits per heavy atom. The maximum absolute atomic E-state index is 13.0. The second-order valence-electron chi connectivity index (χ2n) is 4.23. The van der Waals surface area contributed by atoms with Gasteiger partial charge in [0.15, 0.2) is 0 Å². The molecule has 0 saturated carbocycles. The molecule has 0 radical (unpaired) electrons. The van der Waals surface area contributed by atoms with Crippen LogP contribution in [0.2, 0.25) is 0 Å². The molecule has 0 aliphatic rings. The van der Waals surface area contributed by atoms with Crippen LogP contribution in [0.1, 0.15) is 25.7 Å². The van der Waals surface area contributed by atoms with Crippen molar-refractivity contribution in [1.82, 2.24) is 9.55 Å². The van der Waals surface area contributed by atoms with Gasteiger partial charge in [0.25, 0.3) is 0 Å². The van der Waals surface area contributed by atoms with E-state index in [9.17, 15) is 4.39 Å². The van der Waals surface area contributed by atoms with Gasteiger partial charge in [0.2, 0.25) is 0 Å². The highest BCUT2D eigenvalue weighted by Crippen LogP contribution is 2.18. The largest absolute Gasteiger partial charge is 0.486 e. The van der Waals surface area contributed by atoms with Crippen LogP contribution in [0.15, 0.2) is 35.1 Å². The first-order valence-corrected chi connectivity index (χ1v) is 6.47. The van der Waals surface area contributed by atoms with Gasteiger partial charge in [-0.15, -0.1) is 0 Å². The second kappa shape index (κ2) is 5.52. The summed E-state index contributed by atoms with van der Waals surface area (Å²) >= 11 is 3.34. The average Bonchev–Trinajstić information content (AvgIpc) is 2.68. The molecule has 1 heterocycles. The third kappa shape index (κ3) is 3.10. The molecule has 0 aliphatic carbocycles. The van der Waals surface area contributed by atoms with Gasteiger partial charge in [-0.25, -0.2) is 9.37 Å². The first kappa shape index (κ1) is 13.1. The lowest BCUT2D eigenvalue weighted by Gasteiger charge is -2.12. The maximum atomic E-state index is 13.0. The van der Waals surface area contributed by atoms with Gasteiger partial charge in [0.05, 0.1) is 0 Å². The molecule has 0 N–H and O–H groups in total. The summed E-state index contributed by atoms with van der Waals surface area (Å²) in [6.45, 7) is 4.45. The van der Waals surface area contributed by atoms with Crippen molar-refractivity contribution in [2.24, 2.45) is 0 Å². The Hall–Kier alpha value is -1.36. The molecule has 1 aromatic carbocycles. The minimum atomic E-state index is -0.305. The van der Waals surface area contributed by atoms with Crippen molar-refractivity contribution >= 4 is 15.9 Å². The Kier molecular flexibility index (Phi) is 4.01. The highest BCUT2D eigenvalue weighted by Gasteiger charge is 2.09. The van der Waals surface area contributed by atoms with E-state index in [1.807, 2.05) is 10.8 Å². The third-order valence-electron chi connectivity index (χ3n) is 2.50. The summed E-state index contributed by atoms with van der Waals surface area (Å²) < 4.78 is 21.3. The van der Waals surface area contributed by atoms with E-state index < -0.39 is 0 Å². The van der Waals surface area contributed by atoms with Gasteiger partial charge < -0.3 is 9.30 Å². The SMILES string of the molecule is CC(C)n1cc(Br)nc1COc1cccc(F)c1. The number of aromatic nitrogens is 2. The van der Waals surface area contributed by atoms with E-state index in [4.69, 9.17) is 4.74 Å². The standard InChI is InChI=1S/C13H14BrFN2O/c1-9(2)17-7-12(14)16-13(17)8-18-11-5-3-4-10(15)6-11/h3-7,9H,8H2,1-2H3. The summed E-state index contributed by atoms with van der Waals surface area (Å²) in [7, 11) is 0. The molecule has 0 saturated heterocycles. The molecule has 0 unspecified atom stereocenters. The predicted octanol–water partition coefficient (Wildman–Crippen LogP) is 3.94. The van der Waals surface area contributed by atoms with Crippen molar-refractivity contribution in [3.63, 3.8) is 0 Å². The normalized spacial score (nSPS) is 10.9. The lowest BCUT2D eigenvalue weighted by Crippen LogP contribution is -2.08. The van der Waals surface area contributed by atoms with Crippen LogP contribution >= 0.6 is 15.9 Å². The van der Waals surface area contributed by atoms with Crippen LogP contribution < -0.4 is 4.74 Å². The first-order valence-electron chi connectivity index (χ1n) is 5.68. The molecule has 96 valence electrons. The molecular weight excluding hydrogens is 299 g/mol. The Bertz CT molecular complexity index is 540. The zero-order valence-electron chi connectivity index (χ0n) is 10.2. The lowest BCUT2D eigenvalue weighted by molar-refractivity contribution is 0.285. The Morgan fingerprint density at radius 2 is 2.22 bits per heavy atom. The highest BCUT2D eigenvalue weighted by molar-refractivity contribution is 9.10. The molecule has 0 aliphatic heterocycles. The number of imidazole rings is 1. The van der Waals surface area contributed by atoms with E-state index in [0.29, 0.717) is 18.4 Å². The number of nitrogens with zero attached hydrogens (tertiary/aromatic N) is 2. The summed E-state index contributed by atoms with van der Waals surface area (Å²) in [5.41, 5.74) is 0. The van der Waals surface area contributed by atoms with Crippen molar-refractivity contribution in [2.45, 2.75) is 26.5 Å². The van der Waals surface area contributed by atoms with Crippen LogP contribution in [0.5, 0.6) is 5.75 Å². The fourth-order valence-electron chi connectivity index (χ4n) is 1.66. The second-order valence-corrected chi connectivity index (χ2v) is 5.04. The smallest absolute Gasteiger partial charge is 0.148 e. The molecule has 0 spiro atoms. The van der Waals surface area contributed by atoms with E-state index in [1.165, 1.54) is 12.1 Å². The van der Waals surface area contributed by atoms with Gasteiger partial charge in [-0.2, -0.15) is 0 Å². The van der Waals surface area contributed by atoms with Gasteiger partial charge >= 0.3 is 0 Å². The molecule has 18 heavy (non-hydrogen) atoms. The Morgan fingerprint density at radius 1 is 1.44 bits per heavy atom. The molecule has 2 rings (SSSR count). The van der Waals surface area contributed by atoms with Gasteiger partial charge in [-0.3, -0.25) is 0 Å². The number of rotatable bonds is 4. The molecule has 0 amide bonds. The minimum Gasteiger partial charge on any atom is -0.486 e. The van der Waals surface area contributed by atoms with E-state index in [-0.39, 0.29) is 5.82 Å². The highest BCUT2D eigenvalue weighted by atomic mass is 79.9. The Labute approximate surface area is 114 Å². The van der Waals surface area contributed by atoms with Crippen LogP contribution in [0.4, 0.5) is 4.39 Å². The molecule has 3 nitrogen and oxygen atoms in total. The van der Waals surface area contributed by atoms with Gasteiger partial charge in [0, 0.05) is 18.3 Å². The van der Waals surface area contributed by atoms with Crippen molar-refractivity contribution in [3.05, 3.63) is 46.7 Å². The molecule has 0 fully saturated rings. The topological polar surface area (TPSA) is 27.1 Å². The van der Waals surface area contributed by atoms with Crippen LogP contribution in [0, 0.1) is 5.82 Å². The summed E-state index contributed by atoms with van der Waals surface area (Å²) in [6.07, 6.45) is 1.91. The van der Waals surface area contributed by atoms with Crippen LogP contribution in [-0.2, 0) is 6.61 Å². The predicted molar refractivity (Wildman–Crippen MR) is 71.0 cm³/mol. The van der Waals surface area contributed by atoms with Crippen LogP contribution in [-0.4, -0.2) is 9.55 Å². The molecular formula is C13H14BrFN2O. The summed E-state index contributed by atoms with van der Waals surface area (Å²) in [4.78, 5) is 4.33. The van der Waals surface area contributed by atoms with E-state index in [1.54, 1.807) is 12.1 Å². The molecule has 0 atom stereocenters.